The molecule has 0 aliphatic rings. The number of hydrogen-bond donors (Lipinski definition) is 1. The highest BCUT2D eigenvalue weighted by molar-refractivity contribution is 9.10. The molecule has 0 spiro atoms. The number of pyridine rings is 1. The van der Waals surface area contributed by atoms with Crippen molar-refractivity contribution in [2.45, 2.75) is 26.2 Å². The van der Waals surface area contributed by atoms with Crippen molar-refractivity contribution in [2.75, 3.05) is 5.32 Å². The average molecular weight is 257 g/mol. The molecular weight excluding hydrogens is 244 g/mol. The minimum atomic E-state index is 0.658. The monoisotopic (exact) mass is 256 g/mol. The van der Waals surface area contributed by atoms with Gasteiger partial charge in [-0.05, 0) is 40.4 Å². The number of nitrogens with one attached hydrogen (secondary N) is 1. The van der Waals surface area contributed by atoms with Crippen LogP contribution in [0.15, 0.2) is 16.7 Å². The number of nitrogens with zero attached hydrogens (tertiary/aromatic N) is 1. The molecule has 0 radical (unpaired) electrons. The van der Waals surface area contributed by atoms with Gasteiger partial charge < -0.3 is 5.32 Å². The first-order chi connectivity index (χ1) is 6.77. The zero-order chi connectivity index (χ0) is 10.4. The molecule has 3 nitrogen and oxygen atoms in total. The van der Waals surface area contributed by atoms with Gasteiger partial charge in [0.25, 0.3) is 0 Å². The van der Waals surface area contributed by atoms with E-state index in [1.165, 1.54) is 0 Å². The van der Waals surface area contributed by atoms with Crippen LogP contribution in [0.5, 0.6) is 0 Å². The Bertz CT molecular complexity index is 315. The van der Waals surface area contributed by atoms with E-state index >= 15 is 0 Å². The van der Waals surface area contributed by atoms with Crippen molar-refractivity contribution in [3.05, 3.63) is 22.3 Å². The zero-order valence-corrected chi connectivity index (χ0v) is 9.67. The third kappa shape index (κ3) is 3.10. The van der Waals surface area contributed by atoms with Gasteiger partial charge in [0, 0.05) is 10.7 Å². The minimum absolute atomic E-state index is 0.658. The maximum absolute atomic E-state index is 10.3. The van der Waals surface area contributed by atoms with Crippen molar-refractivity contribution in [1.82, 2.24) is 4.98 Å². The fourth-order valence-electron chi connectivity index (χ4n) is 1.22. The Balaban J connectivity index is 2.84. The van der Waals surface area contributed by atoms with Gasteiger partial charge in [0.05, 0.1) is 0 Å². The molecule has 1 aromatic rings. The molecule has 0 aromatic carbocycles. The maximum Gasteiger partial charge on any atom is 0.212 e. The van der Waals surface area contributed by atoms with Crippen molar-refractivity contribution in [1.29, 1.82) is 0 Å². The quantitative estimate of drug-likeness (QED) is 0.824. The zero-order valence-electron chi connectivity index (χ0n) is 8.09. The van der Waals surface area contributed by atoms with Crippen LogP contribution in [-0.2, 0) is 11.2 Å². The van der Waals surface area contributed by atoms with Gasteiger partial charge >= 0.3 is 0 Å². The molecule has 0 bridgehead atoms. The molecule has 0 unspecified atom stereocenters. The van der Waals surface area contributed by atoms with E-state index in [1.54, 1.807) is 6.20 Å². The number of anilines is 1. The summed E-state index contributed by atoms with van der Waals surface area (Å²) >= 11 is 3.36. The Labute approximate surface area is 92.1 Å². The number of carbonyl (C=O) groups excluding carboxylic acids is 1. The first-order valence-electron chi connectivity index (χ1n) is 4.62. The van der Waals surface area contributed by atoms with Gasteiger partial charge in [0.15, 0.2) is 0 Å². The molecule has 0 saturated carbocycles. The summed E-state index contributed by atoms with van der Waals surface area (Å²) in [7, 11) is 0. The van der Waals surface area contributed by atoms with Gasteiger partial charge in [-0.3, -0.25) is 4.79 Å². The largest absolute Gasteiger partial charge is 0.313 e. The molecule has 0 saturated heterocycles. The summed E-state index contributed by atoms with van der Waals surface area (Å²) in [5.41, 5.74) is 1.08. The third-order valence-corrected chi connectivity index (χ3v) is 2.36. The first kappa shape index (κ1) is 11.2. The molecule has 76 valence electrons. The average Bonchev–Trinajstić information content (AvgIpc) is 2.18. The number of halogens is 1. The highest BCUT2D eigenvalue weighted by atomic mass is 79.9. The smallest absolute Gasteiger partial charge is 0.212 e. The van der Waals surface area contributed by atoms with Gasteiger partial charge in [-0.15, -0.1) is 0 Å². The number of amides is 1. The van der Waals surface area contributed by atoms with E-state index in [1.807, 2.05) is 6.07 Å². The number of rotatable bonds is 5. The molecule has 1 amide bonds. The van der Waals surface area contributed by atoms with Crippen LogP contribution >= 0.6 is 15.9 Å². The van der Waals surface area contributed by atoms with Crippen LogP contribution in [0.3, 0.4) is 0 Å². The van der Waals surface area contributed by atoms with Crippen LogP contribution in [-0.4, -0.2) is 11.4 Å². The van der Waals surface area contributed by atoms with Crippen LogP contribution in [0.1, 0.15) is 25.3 Å². The van der Waals surface area contributed by atoms with Crippen LogP contribution in [0.2, 0.25) is 0 Å². The lowest BCUT2D eigenvalue weighted by molar-refractivity contribution is -0.105. The van der Waals surface area contributed by atoms with Gasteiger partial charge in [-0.1, -0.05) is 13.3 Å². The summed E-state index contributed by atoms with van der Waals surface area (Å²) in [6, 6.07) is 1.99. The summed E-state index contributed by atoms with van der Waals surface area (Å²) in [6.45, 7) is 2.14. The molecule has 1 rings (SSSR count). The highest BCUT2D eigenvalue weighted by Gasteiger charge is 2.03. The number of carbonyl (C=O) groups is 1. The summed E-state index contributed by atoms with van der Waals surface area (Å²) in [4.78, 5) is 14.5. The molecule has 0 atom stereocenters. The molecular formula is C10H13BrN2O. The Morgan fingerprint density at radius 3 is 3.07 bits per heavy atom. The first-order valence-corrected chi connectivity index (χ1v) is 5.41. The Morgan fingerprint density at radius 2 is 2.43 bits per heavy atom. The molecule has 1 heterocycles. The number of aryl methyl sites for hydroxylation is 1. The van der Waals surface area contributed by atoms with Gasteiger partial charge in [0.2, 0.25) is 6.41 Å². The summed E-state index contributed by atoms with van der Waals surface area (Å²) in [5, 5.41) is 2.60. The topological polar surface area (TPSA) is 42.0 Å². The predicted octanol–water partition coefficient (Wildman–Crippen LogP) is 2.76. The molecule has 0 aliphatic heterocycles. The lowest BCUT2D eigenvalue weighted by Gasteiger charge is -2.06. The van der Waals surface area contributed by atoms with Crippen molar-refractivity contribution in [2.24, 2.45) is 0 Å². The maximum atomic E-state index is 10.3. The number of aromatic nitrogens is 1. The normalized spacial score (nSPS) is 9.86. The second kappa shape index (κ2) is 5.75. The van der Waals surface area contributed by atoms with Crippen molar-refractivity contribution < 1.29 is 4.79 Å². The van der Waals surface area contributed by atoms with E-state index in [2.05, 4.69) is 33.2 Å². The van der Waals surface area contributed by atoms with Crippen LogP contribution < -0.4 is 5.32 Å². The number of unbranched alkanes of at least 4 members (excludes halogenated alkanes) is 1. The Kier molecular flexibility index (Phi) is 4.59. The fourth-order valence-corrected chi connectivity index (χ4v) is 1.60. The minimum Gasteiger partial charge on any atom is -0.313 e. The lowest BCUT2D eigenvalue weighted by atomic mass is 10.1. The molecule has 0 fully saturated rings. The highest BCUT2D eigenvalue weighted by Crippen LogP contribution is 2.19. The van der Waals surface area contributed by atoms with E-state index in [9.17, 15) is 4.79 Å². The molecule has 0 aliphatic carbocycles. The standard InChI is InChI=1S/C10H13BrN2O/c1-2-3-4-8-5-9(11)6-12-10(8)13-7-14/h5-7H,2-4H2,1H3,(H,12,13,14). The van der Waals surface area contributed by atoms with Crippen molar-refractivity contribution in [3.8, 4) is 0 Å². The van der Waals surface area contributed by atoms with E-state index < -0.39 is 0 Å². The fraction of sp³-hybridized carbons (Fsp3) is 0.400. The summed E-state index contributed by atoms with van der Waals surface area (Å²) in [6.07, 6.45) is 5.52. The van der Waals surface area contributed by atoms with E-state index in [0.29, 0.717) is 12.2 Å². The molecule has 1 aromatic heterocycles. The van der Waals surface area contributed by atoms with Crippen molar-refractivity contribution in [3.63, 3.8) is 0 Å². The van der Waals surface area contributed by atoms with Gasteiger partial charge in [-0.2, -0.15) is 0 Å². The van der Waals surface area contributed by atoms with Gasteiger partial charge in [0.1, 0.15) is 5.82 Å². The van der Waals surface area contributed by atoms with E-state index in [4.69, 9.17) is 0 Å². The van der Waals surface area contributed by atoms with Gasteiger partial charge in [-0.25, -0.2) is 4.98 Å². The van der Waals surface area contributed by atoms with E-state index in [0.717, 1.165) is 29.3 Å². The predicted molar refractivity (Wildman–Crippen MR) is 60.2 cm³/mol. The Morgan fingerprint density at radius 1 is 1.64 bits per heavy atom. The lowest BCUT2D eigenvalue weighted by Crippen LogP contribution is -2.01. The van der Waals surface area contributed by atoms with Crippen LogP contribution in [0.25, 0.3) is 0 Å². The Hall–Kier alpha value is -0.900. The second-order valence-corrected chi connectivity index (χ2v) is 3.94. The van der Waals surface area contributed by atoms with Crippen LogP contribution in [0.4, 0.5) is 5.82 Å². The van der Waals surface area contributed by atoms with Crippen molar-refractivity contribution >= 4 is 28.2 Å². The van der Waals surface area contributed by atoms with Crippen LogP contribution in [0, 0.1) is 0 Å². The summed E-state index contributed by atoms with van der Waals surface area (Å²) < 4.78 is 0.944. The summed E-state index contributed by atoms with van der Waals surface area (Å²) in [5.74, 6) is 0.664. The second-order valence-electron chi connectivity index (χ2n) is 3.03. The van der Waals surface area contributed by atoms with E-state index in [-0.39, 0.29) is 0 Å². The molecule has 14 heavy (non-hydrogen) atoms. The molecule has 1 N–H and O–H groups in total. The third-order valence-electron chi connectivity index (χ3n) is 1.93. The SMILES string of the molecule is CCCCc1cc(Br)cnc1NC=O. The number of hydrogen-bond acceptors (Lipinski definition) is 2. The molecule has 4 heteroatoms.